The molecule has 1 aliphatic heterocycles. The number of aryl methyl sites for hydroxylation is 1. The number of fused-ring (bicyclic) bond motifs is 4. The van der Waals surface area contributed by atoms with E-state index in [0.717, 1.165) is 22.0 Å². The van der Waals surface area contributed by atoms with Gasteiger partial charge >= 0.3 is 0 Å². The van der Waals surface area contributed by atoms with Crippen LogP contribution >= 0.6 is 0 Å². The normalized spacial score (nSPS) is 13.8. The van der Waals surface area contributed by atoms with E-state index >= 15 is 0 Å². The van der Waals surface area contributed by atoms with Crippen LogP contribution in [0.4, 0.5) is 5.82 Å². The number of amides is 1. The van der Waals surface area contributed by atoms with Crippen molar-refractivity contribution in [2.24, 2.45) is 7.05 Å². The number of aliphatic hydroxyl groups is 2. The molecule has 0 spiro atoms. The molecule has 2 aromatic carbocycles. The first-order chi connectivity index (χ1) is 29.6. The summed E-state index contributed by atoms with van der Waals surface area (Å²) in [4.78, 5) is 62.6. The van der Waals surface area contributed by atoms with E-state index in [4.69, 9.17) is 15.1 Å². The molecule has 0 saturated heterocycles. The Labute approximate surface area is 345 Å². The summed E-state index contributed by atoms with van der Waals surface area (Å²) in [6, 6.07) is 15.5. The molecule has 18 nitrogen and oxygen atoms in total. The minimum Gasteiger partial charge on any atom is -0.394 e. The van der Waals surface area contributed by atoms with Crippen molar-refractivity contribution in [1.82, 2.24) is 58.4 Å². The highest BCUT2D eigenvalue weighted by Crippen LogP contribution is 2.34. The topological polar surface area (TPSA) is 210 Å². The van der Waals surface area contributed by atoms with Crippen molar-refractivity contribution >= 4 is 44.4 Å². The molecule has 2 atom stereocenters. The predicted molar refractivity (Wildman–Crippen MR) is 225 cm³/mol. The average Bonchev–Trinajstić information content (AvgIpc) is 4.10. The number of hydrogen-bond acceptors (Lipinski definition) is 12. The molecule has 1 aliphatic rings. The molecule has 9 aromatic rings. The Morgan fingerprint density at radius 3 is 2.03 bits per heavy atom. The van der Waals surface area contributed by atoms with Crippen molar-refractivity contribution in [3.8, 4) is 28.3 Å². The van der Waals surface area contributed by atoms with Crippen molar-refractivity contribution < 1.29 is 15.0 Å². The van der Waals surface area contributed by atoms with Gasteiger partial charge in [0.15, 0.2) is 5.82 Å². The largest absolute Gasteiger partial charge is 0.394 e. The van der Waals surface area contributed by atoms with Crippen LogP contribution in [0, 0.1) is 0 Å². The zero-order valence-electron chi connectivity index (χ0n) is 33.2. The standard InChI is InChI=1S/C43H37N13O5/c1-24(20-57)54-22-44-39-31(42(54)60)11-35(49-37(39)28-14-46-51(3)16-28)53-19-33-27(8-6-9-30(33)41(53)59)17-52-18-29(15-47-52)38-40-32(43(61)55(23-45-40)25(2)21-58)12-36(50-38)56-34-10-5-4-7-26(34)13-48-56/h4-16,18,22-25,57-58H,17,19-21H2,1-3H3/t24-,25-/m0/s1. The number of para-hydroxylation sites is 1. The van der Waals surface area contributed by atoms with Gasteiger partial charge in [-0.1, -0.05) is 30.3 Å². The lowest BCUT2D eigenvalue weighted by atomic mass is 10.0. The average molecular weight is 816 g/mol. The van der Waals surface area contributed by atoms with E-state index in [1.807, 2.05) is 42.6 Å². The fourth-order valence-corrected chi connectivity index (χ4v) is 7.89. The number of hydrogen-bond donors (Lipinski definition) is 2. The molecule has 8 heterocycles. The molecular weight excluding hydrogens is 779 g/mol. The fourth-order valence-electron chi connectivity index (χ4n) is 7.89. The number of rotatable bonds is 10. The summed E-state index contributed by atoms with van der Waals surface area (Å²) in [6.45, 7) is 3.43. The van der Waals surface area contributed by atoms with E-state index in [0.29, 0.717) is 56.9 Å². The molecule has 0 bridgehead atoms. The van der Waals surface area contributed by atoms with Crippen LogP contribution in [0.5, 0.6) is 0 Å². The summed E-state index contributed by atoms with van der Waals surface area (Å²) in [5, 5.41) is 34.7. The quantitative estimate of drug-likeness (QED) is 0.202. The number of aliphatic hydroxyl groups excluding tert-OH is 2. The molecule has 10 rings (SSSR count). The zero-order valence-corrected chi connectivity index (χ0v) is 33.2. The summed E-state index contributed by atoms with van der Waals surface area (Å²) in [7, 11) is 1.77. The van der Waals surface area contributed by atoms with Gasteiger partial charge in [0, 0.05) is 41.5 Å². The van der Waals surface area contributed by atoms with Crippen molar-refractivity contribution in [3.63, 3.8) is 0 Å². The van der Waals surface area contributed by atoms with Crippen LogP contribution in [0.25, 0.3) is 61.0 Å². The Hall–Kier alpha value is -7.70. The zero-order chi connectivity index (χ0) is 42.1. The lowest BCUT2D eigenvalue weighted by Gasteiger charge is -2.18. The van der Waals surface area contributed by atoms with Gasteiger partial charge in [0.05, 0.1) is 85.9 Å². The Kier molecular flexibility index (Phi) is 8.95. The first-order valence-corrected chi connectivity index (χ1v) is 19.5. The Balaban J connectivity index is 1.03. The maximum Gasteiger partial charge on any atom is 0.261 e. The van der Waals surface area contributed by atoms with Gasteiger partial charge in [-0.2, -0.15) is 15.3 Å². The summed E-state index contributed by atoms with van der Waals surface area (Å²) in [6.07, 6.45) is 11.4. The second-order valence-corrected chi connectivity index (χ2v) is 15.2. The van der Waals surface area contributed by atoms with Crippen LogP contribution < -0.4 is 16.0 Å². The van der Waals surface area contributed by atoms with Crippen LogP contribution in [0.3, 0.4) is 0 Å². The molecule has 0 saturated carbocycles. The first kappa shape index (κ1) is 37.6. The van der Waals surface area contributed by atoms with E-state index in [9.17, 15) is 24.6 Å². The number of aromatic nitrogens is 12. The molecule has 0 radical (unpaired) electrons. The Bertz CT molecular complexity index is 3340. The first-order valence-electron chi connectivity index (χ1n) is 19.5. The molecule has 0 aliphatic carbocycles. The number of carbonyl (C=O) groups excluding carboxylic acids is 1. The third-order valence-electron chi connectivity index (χ3n) is 11.2. The number of anilines is 1. The van der Waals surface area contributed by atoms with E-state index < -0.39 is 12.1 Å². The third-order valence-corrected chi connectivity index (χ3v) is 11.2. The number of carbonyl (C=O) groups is 1. The monoisotopic (exact) mass is 815 g/mol. The van der Waals surface area contributed by atoms with E-state index in [2.05, 4.69) is 20.2 Å². The molecule has 0 unspecified atom stereocenters. The van der Waals surface area contributed by atoms with Gasteiger partial charge in [-0.15, -0.1) is 0 Å². The highest BCUT2D eigenvalue weighted by Gasteiger charge is 2.32. The minimum atomic E-state index is -0.519. The molecule has 0 fully saturated rings. The van der Waals surface area contributed by atoms with Crippen LogP contribution in [0.2, 0.25) is 0 Å². The Morgan fingerprint density at radius 1 is 0.721 bits per heavy atom. The van der Waals surface area contributed by atoms with Gasteiger partial charge in [0.2, 0.25) is 0 Å². The van der Waals surface area contributed by atoms with Gasteiger partial charge in [0.1, 0.15) is 28.2 Å². The second kappa shape index (κ2) is 14.5. The van der Waals surface area contributed by atoms with Crippen molar-refractivity contribution in [1.29, 1.82) is 0 Å². The predicted octanol–water partition coefficient (Wildman–Crippen LogP) is 3.81. The van der Waals surface area contributed by atoms with Gasteiger partial charge in [0.25, 0.3) is 17.0 Å². The number of nitrogens with zero attached hydrogens (tertiary/aromatic N) is 13. The van der Waals surface area contributed by atoms with Crippen molar-refractivity contribution in [2.45, 2.75) is 39.0 Å². The number of benzene rings is 2. The van der Waals surface area contributed by atoms with Crippen LogP contribution in [-0.4, -0.2) is 87.7 Å². The SMILES string of the molecule is C[C@@H](CO)n1cnc2c(-c3cnn(C)c3)nc(N3Cc4c(Cn5cc(-c6nc(-n7ncc8ccccc87)cc7c(=O)n([C@@H](C)CO)cnc67)cn5)cccc4C3=O)cc2c1=O. The van der Waals surface area contributed by atoms with Gasteiger partial charge < -0.3 is 10.2 Å². The highest BCUT2D eigenvalue weighted by atomic mass is 16.3. The molecule has 2 N–H and O–H groups in total. The molecule has 61 heavy (non-hydrogen) atoms. The highest BCUT2D eigenvalue weighted by molar-refractivity contribution is 6.10. The summed E-state index contributed by atoms with van der Waals surface area (Å²) < 4.78 is 7.81. The fraction of sp³-hybridized carbons (Fsp3) is 0.209. The van der Waals surface area contributed by atoms with E-state index in [-0.39, 0.29) is 48.0 Å². The molecular formula is C43H37N13O5. The van der Waals surface area contributed by atoms with Gasteiger partial charge in [-0.05, 0) is 49.2 Å². The van der Waals surface area contributed by atoms with Gasteiger partial charge in [-0.25, -0.2) is 24.6 Å². The van der Waals surface area contributed by atoms with Crippen LogP contribution in [0.1, 0.15) is 47.4 Å². The summed E-state index contributed by atoms with van der Waals surface area (Å²) in [5.41, 5.74) is 5.00. The second-order valence-electron chi connectivity index (χ2n) is 15.2. The van der Waals surface area contributed by atoms with E-state index in [1.165, 1.54) is 21.8 Å². The number of pyridine rings is 2. The maximum atomic E-state index is 14.2. The van der Waals surface area contributed by atoms with Crippen molar-refractivity contribution in [2.75, 3.05) is 18.1 Å². The lowest BCUT2D eigenvalue weighted by Crippen LogP contribution is -2.27. The lowest BCUT2D eigenvalue weighted by molar-refractivity contribution is 0.0996. The smallest absolute Gasteiger partial charge is 0.261 e. The molecule has 1 amide bonds. The Morgan fingerprint density at radius 2 is 1.36 bits per heavy atom. The van der Waals surface area contributed by atoms with Crippen molar-refractivity contribution in [3.05, 3.63) is 136 Å². The summed E-state index contributed by atoms with van der Waals surface area (Å²) >= 11 is 0. The van der Waals surface area contributed by atoms with Gasteiger partial charge in [-0.3, -0.25) is 37.8 Å². The third kappa shape index (κ3) is 6.18. The van der Waals surface area contributed by atoms with Crippen LogP contribution in [0.15, 0.2) is 108 Å². The minimum absolute atomic E-state index is 0.180. The molecule has 304 valence electrons. The summed E-state index contributed by atoms with van der Waals surface area (Å²) in [5.74, 6) is 0.410. The molecule has 7 aromatic heterocycles. The van der Waals surface area contributed by atoms with E-state index in [1.54, 1.807) is 82.8 Å². The maximum absolute atomic E-state index is 14.2. The molecule has 18 heteroatoms. The van der Waals surface area contributed by atoms with Crippen LogP contribution in [-0.2, 0) is 20.1 Å².